The first-order chi connectivity index (χ1) is 12.3. The maximum Gasteiger partial charge on any atom is 0.476 e. The van der Waals surface area contributed by atoms with Crippen LogP contribution in [0, 0.1) is 0 Å². The fourth-order valence-electron chi connectivity index (χ4n) is 2.32. The summed E-state index contributed by atoms with van der Waals surface area (Å²) < 4.78 is 42.2. The highest BCUT2D eigenvalue weighted by molar-refractivity contribution is 7.83. The zero-order chi connectivity index (χ0) is 20.6. The Labute approximate surface area is 151 Å². The molecule has 1 saturated heterocycles. The number of aromatic amines is 1. The molecule has 1 aliphatic rings. The highest BCUT2D eigenvalue weighted by Gasteiger charge is 2.45. The van der Waals surface area contributed by atoms with Gasteiger partial charge in [-0.3, -0.25) is 18.9 Å². The first-order valence-corrected chi connectivity index (χ1v) is 10.8. The van der Waals surface area contributed by atoms with E-state index in [1.807, 2.05) is 4.98 Å². The molecule has 5 N–H and O–H groups in total. The van der Waals surface area contributed by atoms with Gasteiger partial charge in [0.2, 0.25) is 5.75 Å². The van der Waals surface area contributed by atoms with Gasteiger partial charge in [0, 0.05) is 0 Å². The van der Waals surface area contributed by atoms with Crippen LogP contribution in [0.1, 0.15) is 6.23 Å². The lowest BCUT2D eigenvalue weighted by Crippen LogP contribution is -2.38. The van der Waals surface area contributed by atoms with Crippen LogP contribution in [-0.4, -0.2) is 69.1 Å². The molecule has 1 fully saturated rings. The Morgan fingerprint density at radius 3 is 2.48 bits per heavy atom. The number of hydrogen-bond acceptors (Lipinski definition) is 10. The molecule has 1 aromatic rings. The van der Waals surface area contributed by atoms with E-state index >= 15 is 0 Å². The van der Waals surface area contributed by atoms with Crippen molar-refractivity contribution < 1.29 is 47.4 Å². The van der Waals surface area contributed by atoms with Crippen molar-refractivity contribution in [3.8, 4) is 5.75 Å². The van der Waals surface area contributed by atoms with Crippen LogP contribution in [0.3, 0.4) is 0 Å². The van der Waals surface area contributed by atoms with Gasteiger partial charge in [0.25, 0.3) is 20.6 Å². The molecule has 0 radical (unpaired) electrons. The summed E-state index contributed by atoms with van der Waals surface area (Å²) in [6, 6.07) is 0. The van der Waals surface area contributed by atoms with Gasteiger partial charge >= 0.3 is 13.5 Å². The minimum Gasteiger partial charge on any atom is -0.490 e. The van der Waals surface area contributed by atoms with Gasteiger partial charge in [0.15, 0.2) is 6.23 Å². The molecule has 2 heterocycles. The summed E-state index contributed by atoms with van der Waals surface area (Å²) in [6.45, 7) is -0.683. The molecular weight excluding hydrogens is 413 g/mol. The Hall–Kier alpha value is -1.28. The van der Waals surface area contributed by atoms with E-state index < -0.39 is 57.7 Å². The number of methoxy groups -OCH3 is 1. The molecular formula is C10H17BN2O12P2. The molecule has 17 heteroatoms. The Morgan fingerprint density at radius 2 is 1.93 bits per heavy atom. The molecule has 0 bridgehead atoms. The fraction of sp³-hybridized carbons (Fsp3) is 0.600. The molecule has 0 aromatic carbocycles. The van der Waals surface area contributed by atoms with Crippen LogP contribution in [0.15, 0.2) is 15.8 Å². The topological polar surface area (TPSA) is 207 Å². The van der Waals surface area contributed by atoms with Gasteiger partial charge in [-0.2, -0.15) is 0 Å². The van der Waals surface area contributed by atoms with Crippen LogP contribution in [0.25, 0.3) is 0 Å². The Bertz CT molecular complexity index is 895. The lowest BCUT2D eigenvalue weighted by atomic mass is 10.1. The average molecular weight is 430 g/mol. The minimum atomic E-state index is -5.09. The Morgan fingerprint density at radius 1 is 1.30 bits per heavy atom. The van der Waals surface area contributed by atoms with Crippen molar-refractivity contribution in [2.45, 2.75) is 24.5 Å². The van der Waals surface area contributed by atoms with E-state index in [1.54, 1.807) is 0 Å². The van der Waals surface area contributed by atoms with E-state index in [9.17, 15) is 28.9 Å². The second-order valence-electron chi connectivity index (χ2n) is 5.55. The molecule has 0 saturated carbocycles. The van der Waals surface area contributed by atoms with Gasteiger partial charge in [-0.15, -0.1) is 0 Å². The summed E-state index contributed by atoms with van der Waals surface area (Å²) >= 11 is 0. The van der Waals surface area contributed by atoms with Crippen LogP contribution in [0.4, 0.5) is 0 Å². The molecule has 1 aliphatic heterocycles. The van der Waals surface area contributed by atoms with E-state index in [2.05, 4.69) is 4.31 Å². The van der Waals surface area contributed by atoms with Crippen LogP contribution in [-0.2, 0) is 22.7 Å². The highest BCUT2D eigenvalue weighted by Crippen LogP contribution is 2.57. The third-order valence-corrected chi connectivity index (χ3v) is 6.15. The molecule has 5 atom stereocenters. The maximum absolute atomic E-state index is 11.9. The van der Waals surface area contributed by atoms with Gasteiger partial charge in [0.1, 0.15) is 18.3 Å². The van der Waals surface area contributed by atoms with E-state index in [4.69, 9.17) is 23.8 Å². The third-order valence-electron chi connectivity index (χ3n) is 3.49. The number of aliphatic hydroxyl groups excluding tert-OH is 2. The van der Waals surface area contributed by atoms with Gasteiger partial charge in [-0.1, -0.05) is 0 Å². The summed E-state index contributed by atoms with van der Waals surface area (Å²) in [5.41, 5.74) is -1.77. The lowest BCUT2D eigenvalue weighted by Gasteiger charge is -2.19. The molecule has 0 spiro atoms. The molecule has 0 amide bonds. The average Bonchev–Trinajstić information content (AvgIpc) is 2.79. The van der Waals surface area contributed by atoms with Crippen LogP contribution in [0.2, 0.25) is 0 Å². The van der Waals surface area contributed by atoms with E-state index in [-0.39, 0.29) is 5.75 Å². The summed E-state index contributed by atoms with van der Waals surface area (Å²) in [5, 5.41) is 20.1. The van der Waals surface area contributed by atoms with Crippen molar-refractivity contribution in [2.24, 2.45) is 0 Å². The van der Waals surface area contributed by atoms with E-state index in [1.165, 1.54) is 7.11 Å². The minimum absolute atomic E-state index is 0.257. The molecule has 27 heavy (non-hydrogen) atoms. The number of nitrogens with one attached hydrogen (secondary N) is 1. The third kappa shape index (κ3) is 5.38. The summed E-state index contributed by atoms with van der Waals surface area (Å²) in [5.74, 6) is -0.257. The van der Waals surface area contributed by atoms with Crippen molar-refractivity contribution in [2.75, 3.05) is 13.7 Å². The van der Waals surface area contributed by atoms with Crippen LogP contribution in [0.5, 0.6) is 5.75 Å². The highest BCUT2D eigenvalue weighted by atomic mass is 31.3. The first kappa shape index (κ1) is 22.0. The maximum atomic E-state index is 11.9. The zero-order valence-electron chi connectivity index (χ0n) is 14.0. The summed E-state index contributed by atoms with van der Waals surface area (Å²) in [7, 11) is -7.33. The van der Waals surface area contributed by atoms with Gasteiger partial charge in [-0.25, -0.2) is 13.7 Å². The second-order valence-corrected chi connectivity index (χ2v) is 8.98. The SMILES string of the molecule is BP(=O)(OC[C@H]1O[C@@H](n2cc(OC)c(=O)[nH]c2=O)C(O)C1O)OP(=O)(O)O. The Kier molecular flexibility index (Phi) is 6.52. The van der Waals surface area contributed by atoms with Crippen molar-refractivity contribution in [1.82, 2.24) is 9.55 Å². The van der Waals surface area contributed by atoms with Crippen molar-refractivity contribution in [1.29, 1.82) is 0 Å². The number of aliphatic hydroxyl groups is 2. The monoisotopic (exact) mass is 430 g/mol. The second kappa shape index (κ2) is 7.99. The molecule has 3 unspecified atom stereocenters. The Balaban J connectivity index is 2.17. The molecule has 2 rings (SSSR count). The van der Waals surface area contributed by atoms with Crippen LogP contribution >= 0.6 is 15.3 Å². The van der Waals surface area contributed by atoms with Crippen LogP contribution < -0.4 is 16.0 Å². The molecule has 1 aromatic heterocycles. The summed E-state index contributed by atoms with van der Waals surface area (Å²) in [4.78, 5) is 42.7. The van der Waals surface area contributed by atoms with Gasteiger partial charge in [-0.05, 0) is 0 Å². The standard InChI is InChI=1S/C10H17BN2O12P2/c1-22-4-2-13(10(17)12-8(4)16)9-7(15)6(14)5(24-9)3-23-26(11,18)25-27(19,20)21/h2,5-7,9,14-15H,3,11H2,1H3,(H,12,16,17)(H2,19,20,21)/t5-,6?,7?,9-,26?/m1/s1. The molecule has 0 aliphatic carbocycles. The largest absolute Gasteiger partial charge is 0.490 e. The van der Waals surface area contributed by atoms with E-state index in [0.29, 0.717) is 0 Å². The zero-order valence-corrected chi connectivity index (χ0v) is 15.8. The van der Waals surface area contributed by atoms with Gasteiger partial charge < -0.3 is 34.0 Å². The number of phosphoric acid groups is 1. The molecule has 14 nitrogen and oxygen atoms in total. The first-order valence-electron chi connectivity index (χ1n) is 7.24. The number of nitrogens with zero attached hydrogens (tertiary/aromatic N) is 1. The van der Waals surface area contributed by atoms with Gasteiger partial charge in [0.05, 0.1) is 19.9 Å². The fourth-order valence-corrected chi connectivity index (χ4v) is 4.48. The predicted octanol–water partition coefficient (Wildman–Crippen LogP) is -2.97. The number of hydrogen-bond donors (Lipinski definition) is 5. The number of ether oxygens (including phenoxy) is 2. The quantitative estimate of drug-likeness (QED) is 0.217. The van der Waals surface area contributed by atoms with Crippen molar-refractivity contribution in [3.05, 3.63) is 27.0 Å². The summed E-state index contributed by atoms with van der Waals surface area (Å²) in [6.07, 6.45) is -5.08. The molecule has 152 valence electrons. The predicted molar refractivity (Wildman–Crippen MR) is 89.0 cm³/mol. The van der Waals surface area contributed by atoms with Crippen molar-refractivity contribution in [3.63, 3.8) is 0 Å². The van der Waals surface area contributed by atoms with Crippen molar-refractivity contribution >= 4 is 22.9 Å². The normalized spacial score (nSPS) is 28.0. The lowest BCUT2D eigenvalue weighted by molar-refractivity contribution is -0.0522. The number of H-pyrrole nitrogens is 1. The number of rotatable bonds is 7. The smallest absolute Gasteiger partial charge is 0.476 e. The number of aromatic nitrogens is 2. The van der Waals surface area contributed by atoms with E-state index in [0.717, 1.165) is 18.3 Å².